The molecule has 0 saturated heterocycles. The van der Waals surface area contributed by atoms with Crippen LogP contribution in [0.2, 0.25) is 0 Å². The van der Waals surface area contributed by atoms with E-state index in [9.17, 15) is 4.79 Å². The highest BCUT2D eigenvalue weighted by Gasteiger charge is 2.11. The van der Waals surface area contributed by atoms with Crippen LogP contribution >= 0.6 is 34.2 Å². The van der Waals surface area contributed by atoms with E-state index in [1.165, 1.54) is 9.13 Å². The lowest BCUT2D eigenvalue weighted by Gasteiger charge is -2.20. The average molecular weight is 338 g/mol. The predicted octanol–water partition coefficient (Wildman–Crippen LogP) is 2.88. The van der Waals surface area contributed by atoms with Crippen LogP contribution in [0.3, 0.4) is 0 Å². The van der Waals surface area contributed by atoms with E-state index in [1.54, 1.807) is 4.90 Å². The maximum Gasteiger partial charge on any atom is 0.237 e. The summed E-state index contributed by atoms with van der Waals surface area (Å²) in [6.45, 7) is 3.29. The first-order valence-electron chi connectivity index (χ1n) is 4.76. The van der Waals surface area contributed by atoms with Gasteiger partial charge in [-0.3, -0.25) is 4.79 Å². The molecule has 4 heteroatoms. The molecule has 0 aliphatic carbocycles. The third-order valence-electron chi connectivity index (χ3n) is 2.17. The molecule has 0 radical (unpaired) electrons. The van der Waals surface area contributed by atoms with Gasteiger partial charge in [0.2, 0.25) is 5.91 Å². The van der Waals surface area contributed by atoms with Crippen molar-refractivity contribution in [3.63, 3.8) is 0 Å². The van der Waals surface area contributed by atoms with Gasteiger partial charge in [-0.15, -0.1) is 11.6 Å². The van der Waals surface area contributed by atoms with Gasteiger partial charge in [-0.05, 0) is 41.1 Å². The summed E-state index contributed by atoms with van der Waals surface area (Å²) < 4.78 is 1.18. The molecule has 0 aliphatic rings. The molecule has 0 spiro atoms. The van der Waals surface area contributed by atoms with Crippen molar-refractivity contribution >= 4 is 40.1 Å². The molecule has 1 amide bonds. The Morgan fingerprint density at radius 1 is 1.47 bits per heavy atom. The number of hydrogen-bond acceptors (Lipinski definition) is 1. The standard InChI is InChI=1S/C11H13ClINO/c1-2-14(11(15)7-12)8-9-5-3-4-6-10(9)13/h3-6H,2,7-8H2,1H3. The summed E-state index contributed by atoms with van der Waals surface area (Å²) in [5.41, 5.74) is 1.17. The molecule has 2 nitrogen and oxygen atoms in total. The zero-order valence-electron chi connectivity index (χ0n) is 8.54. The first kappa shape index (κ1) is 12.8. The molecule has 0 saturated carbocycles. The van der Waals surface area contributed by atoms with Gasteiger partial charge in [0.25, 0.3) is 0 Å². The minimum atomic E-state index is -0.0150. The highest BCUT2D eigenvalue weighted by molar-refractivity contribution is 14.1. The maximum absolute atomic E-state index is 11.5. The van der Waals surface area contributed by atoms with Gasteiger partial charge in [0.15, 0.2) is 0 Å². The number of nitrogens with zero attached hydrogens (tertiary/aromatic N) is 1. The molecule has 15 heavy (non-hydrogen) atoms. The summed E-state index contributed by atoms with van der Waals surface area (Å²) in [4.78, 5) is 13.2. The number of hydrogen-bond donors (Lipinski definition) is 0. The Morgan fingerprint density at radius 2 is 2.13 bits per heavy atom. The smallest absolute Gasteiger partial charge is 0.237 e. The molecular weight excluding hydrogens is 324 g/mol. The number of alkyl halides is 1. The fourth-order valence-electron chi connectivity index (χ4n) is 1.29. The zero-order valence-corrected chi connectivity index (χ0v) is 11.5. The predicted molar refractivity (Wildman–Crippen MR) is 71.0 cm³/mol. The molecule has 1 aromatic carbocycles. The molecular formula is C11H13ClINO. The molecule has 82 valence electrons. The minimum absolute atomic E-state index is 0.0150. The fourth-order valence-corrected chi connectivity index (χ4v) is 2.02. The van der Waals surface area contributed by atoms with Crippen LogP contribution in [0.4, 0.5) is 0 Å². The van der Waals surface area contributed by atoms with Gasteiger partial charge in [-0.1, -0.05) is 18.2 Å². The first-order chi connectivity index (χ1) is 7.19. The summed E-state index contributed by atoms with van der Waals surface area (Å²) in [5, 5.41) is 0. The third-order valence-corrected chi connectivity index (χ3v) is 3.45. The molecule has 0 N–H and O–H groups in total. The Hall–Kier alpha value is -0.290. The van der Waals surface area contributed by atoms with Crippen LogP contribution in [0.25, 0.3) is 0 Å². The van der Waals surface area contributed by atoms with Gasteiger partial charge in [-0.25, -0.2) is 0 Å². The van der Waals surface area contributed by atoms with Gasteiger partial charge in [-0.2, -0.15) is 0 Å². The minimum Gasteiger partial charge on any atom is -0.338 e. The normalized spacial score (nSPS) is 10.1. The summed E-state index contributed by atoms with van der Waals surface area (Å²) in [6.07, 6.45) is 0. The van der Waals surface area contributed by atoms with Crippen LogP contribution < -0.4 is 0 Å². The Bertz CT molecular complexity index is 343. The van der Waals surface area contributed by atoms with Crippen LogP contribution in [0.1, 0.15) is 12.5 Å². The Labute approximate surface area is 109 Å². The molecule has 0 heterocycles. The van der Waals surface area contributed by atoms with Gasteiger partial charge >= 0.3 is 0 Å². The average Bonchev–Trinajstić information content (AvgIpc) is 2.27. The highest BCUT2D eigenvalue weighted by Crippen LogP contribution is 2.14. The van der Waals surface area contributed by atoms with Crippen molar-refractivity contribution < 1.29 is 4.79 Å². The topological polar surface area (TPSA) is 20.3 Å². The lowest BCUT2D eigenvalue weighted by Crippen LogP contribution is -2.31. The van der Waals surface area contributed by atoms with Crippen molar-refractivity contribution in [2.75, 3.05) is 12.4 Å². The Kier molecular flexibility index (Phi) is 5.39. The summed E-state index contributed by atoms with van der Waals surface area (Å²) in [6, 6.07) is 8.04. The Morgan fingerprint density at radius 3 is 2.67 bits per heavy atom. The van der Waals surface area contributed by atoms with E-state index in [-0.39, 0.29) is 11.8 Å². The van der Waals surface area contributed by atoms with Crippen LogP contribution in [0.5, 0.6) is 0 Å². The molecule has 0 aliphatic heterocycles. The number of carbonyl (C=O) groups excluding carboxylic acids is 1. The van der Waals surface area contributed by atoms with E-state index in [0.29, 0.717) is 13.1 Å². The van der Waals surface area contributed by atoms with Gasteiger partial charge < -0.3 is 4.90 Å². The molecule has 1 rings (SSSR count). The number of rotatable bonds is 4. The van der Waals surface area contributed by atoms with Gasteiger partial charge in [0, 0.05) is 16.7 Å². The second-order valence-electron chi connectivity index (χ2n) is 3.13. The number of amides is 1. The summed E-state index contributed by atoms with van der Waals surface area (Å²) in [7, 11) is 0. The Balaban J connectivity index is 2.75. The van der Waals surface area contributed by atoms with Crippen LogP contribution in [0.15, 0.2) is 24.3 Å². The van der Waals surface area contributed by atoms with E-state index in [0.717, 1.165) is 0 Å². The van der Waals surface area contributed by atoms with Gasteiger partial charge in [0.1, 0.15) is 5.88 Å². The molecule has 0 aromatic heterocycles. The maximum atomic E-state index is 11.5. The lowest BCUT2D eigenvalue weighted by molar-refractivity contribution is -0.128. The molecule has 0 bridgehead atoms. The van der Waals surface area contributed by atoms with Crippen molar-refractivity contribution in [2.24, 2.45) is 0 Å². The quantitative estimate of drug-likeness (QED) is 0.611. The molecule has 1 aromatic rings. The second kappa shape index (κ2) is 6.33. The number of carbonyl (C=O) groups is 1. The van der Waals surface area contributed by atoms with E-state index in [2.05, 4.69) is 22.6 Å². The highest BCUT2D eigenvalue weighted by atomic mass is 127. The van der Waals surface area contributed by atoms with Crippen LogP contribution in [-0.4, -0.2) is 23.2 Å². The molecule has 0 atom stereocenters. The van der Waals surface area contributed by atoms with Gasteiger partial charge in [0.05, 0.1) is 0 Å². The van der Waals surface area contributed by atoms with E-state index in [1.807, 2.05) is 31.2 Å². The van der Waals surface area contributed by atoms with Crippen molar-refractivity contribution in [2.45, 2.75) is 13.5 Å². The third kappa shape index (κ3) is 3.65. The van der Waals surface area contributed by atoms with Crippen molar-refractivity contribution in [3.05, 3.63) is 33.4 Å². The zero-order chi connectivity index (χ0) is 11.3. The monoisotopic (exact) mass is 337 g/mol. The summed E-state index contributed by atoms with van der Waals surface area (Å²) >= 11 is 7.81. The first-order valence-corrected chi connectivity index (χ1v) is 6.37. The molecule has 0 unspecified atom stereocenters. The van der Waals surface area contributed by atoms with E-state index in [4.69, 9.17) is 11.6 Å². The number of halogens is 2. The largest absolute Gasteiger partial charge is 0.338 e. The van der Waals surface area contributed by atoms with Crippen molar-refractivity contribution in [1.82, 2.24) is 4.90 Å². The molecule has 0 fully saturated rings. The van der Waals surface area contributed by atoms with Crippen molar-refractivity contribution in [1.29, 1.82) is 0 Å². The van der Waals surface area contributed by atoms with Crippen LogP contribution in [0, 0.1) is 3.57 Å². The summed E-state index contributed by atoms with van der Waals surface area (Å²) in [5.74, 6) is 0.0378. The SMILES string of the molecule is CCN(Cc1ccccc1I)C(=O)CCl. The van der Waals surface area contributed by atoms with Crippen molar-refractivity contribution in [3.8, 4) is 0 Å². The van der Waals surface area contributed by atoms with E-state index >= 15 is 0 Å². The van der Waals surface area contributed by atoms with Crippen LogP contribution in [-0.2, 0) is 11.3 Å². The second-order valence-corrected chi connectivity index (χ2v) is 4.56. The lowest BCUT2D eigenvalue weighted by atomic mass is 10.2. The number of benzene rings is 1. The van der Waals surface area contributed by atoms with E-state index < -0.39 is 0 Å². The fraction of sp³-hybridized carbons (Fsp3) is 0.364.